The third-order valence-electron chi connectivity index (χ3n) is 2.75. The smallest absolute Gasteiger partial charge is 0.263 e. The highest BCUT2D eigenvalue weighted by atomic mass is 32.2. The van der Waals surface area contributed by atoms with Gasteiger partial charge in [0.15, 0.2) is 0 Å². The quantitative estimate of drug-likeness (QED) is 0.826. The average Bonchev–Trinajstić information content (AvgIpc) is 2.66. The molecule has 0 saturated carbocycles. The van der Waals surface area contributed by atoms with Gasteiger partial charge in [-0.25, -0.2) is 12.8 Å². The maximum absolute atomic E-state index is 13.5. The Morgan fingerprint density at radius 2 is 2.10 bits per heavy atom. The molecule has 0 fully saturated rings. The predicted molar refractivity (Wildman–Crippen MR) is 81.0 cm³/mol. The number of hydrogen-bond donors (Lipinski definition) is 2. The summed E-state index contributed by atoms with van der Waals surface area (Å²) in [5.74, 6) is -0.369. The standard InChI is InChI=1S/C12H13FN4O2S2/c1-7-5-11(17(2)15-7)16-21(18,19)8-3-4-10(13)9(6-8)12(14)20/h3-6,16H,1-2H3,(H2,14,20). The summed E-state index contributed by atoms with van der Waals surface area (Å²) in [5.41, 5.74) is 5.92. The van der Waals surface area contributed by atoms with Gasteiger partial charge in [-0.3, -0.25) is 9.40 Å². The van der Waals surface area contributed by atoms with E-state index in [1.165, 1.54) is 4.68 Å². The number of hydrogen-bond acceptors (Lipinski definition) is 4. The van der Waals surface area contributed by atoms with Crippen LogP contribution in [-0.2, 0) is 17.1 Å². The molecule has 0 aliphatic carbocycles. The summed E-state index contributed by atoms with van der Waals surface area (Å²) in [6, 6.07) is 4.83. The van der Waals surface area contributed by atoms with E-state index in [1.807, 2.05) is 0 Å². The van der Waals surface area contributed by atoms with E-state index < -0.39 is 15.8 Å². The van der Waals surface area contributed by atoms with Crippen molar-refractivity contribution >= 4 is 33.0 Å². The van der Waals surface area contributed by atoms with E-state index in [1.54, 1.807) is 20.0 Å². The molecule has 0 aliphatic heterocycles. The van der Waals surface area contributed by atoms with Crippen LogP contribution in [0.25, 0.3) is 0 Å². The highest BCUT2D eigenvalue weighted by Crippen LogP contribution is 2.19. The van der Waals surface area contributed by atoms with Crippen LogP contribution in [0, 0.1) is 12.7 Å². The predicted octanol–water partition coefficient (Wildman–Crippen LogP) is 1.30. The molecule has 21 heavy (non-hydrogen) atoms. The molecule has 112 valence electrons. The van der Waals surface area contributed by atoms with Crippen LogP contribution in [0.3, 0.4) is 0 Å². The van der Waals surface area contributed by atoms with Crippen LogP contribution >= 0.6 is 12.2 Å². The zero-order valence-corrected chi connectivity index (χ0v) is 12.9. The fourth-order valence-corrected chi connectivity index (χ4v) is 3.02. The molecule has 0 saturated heterocycles. The van der Waals surface area contributed by atoms with Gasteiger partial charge in [0, 0.05) is 18.7 Å². The summed E-state index contributed by atoms with van der Waals surface area (Å²) in [6.45, 7) is 1.74. The number of rotatable bonds is 4. The van der Waals surface area contributed by atoms with Crippen molar-refractivity contribution in [1.82, 2.24) is 9.78 Å². The minimum atomic E-state index is -3.89. The first-order chi connectivity index (χ1) is 9.70. The lowest BCUT2D eigenvalue weighted by atomic mass is 10.2. The summed E-state index contributed by atoms with van der Waals surface area (Å²) in [6.07, 6.45) is 0. The van der Waals surface area contributed by atoms with Crippen molar-refractivity contribution in [2.24, 2.45) is 12.8 Å². The molecule has 0 spiro atoms. The monoisotopic (exact) mass is 328 g/mol. The first kappa shape index (κ1) is 15.4. The molecule has 1 aromatic heterocycles. The molecule has 0 bridgehead atoms. The van der Waals surface area contributed by atoms with Gasteiger partial charge in [-0.2, -0.15) is 5.10 Å². The molecule has 0 radical (unpaired) electrons. The van der Waals surface area contributed by atoms with Crippen molar-refractivity contribution in [1.29, 1.82) is 0 Å². The van der Waals surface area contributed by atoms with E-state index in [0.717, 1.165) is 18.2 Å². The number of thiocarbonyl (C=S) groups is 1. The van der Waals surface area contributed by atoms with Crippen LogP contribution < -0.4 is 10.5 Å². The zero-order valence-electron chi connectivity index (χ0n) is 11.3. The van der Waals surface area contributed by atoms with Crippen molar-refractivity contribution < 1.29 is 12.8 Å². The van der Waals surface area contributed by atoms with Gasteiger partial charge in [-0.1, -0.05) is 12.2 Å². The Labute approximate surface area is 126 Å². The van der Waals surface area contributed by atoms with Gasteiger partial charge in [0.1, 0.15) is 16.6 Å². The molecule has 6 nitrogen and oxygen atoms in total. The van der Waals surface area contributed by atoms with Crippen LogP contribution in [0.1, 0.15) is 11.3 Å². The lowest BCUT2D eigenvalue weighted by molar-refractivity contribution is 0.598. The van der Waals surface area contributed by atoms with Gasteiger partial charge in [0.25, 0.3) is 10.0 Å². The highest BCUT2D eigenvalue weighted by molar-refractivity contribution is 7.92. The Bertz CT molecular complexity index is 815. The van der Waals surface area contributed by atoms with Crippen LogP contribution in [0.5, 0.6) is 0 Å². The number of nitrogens with one attached hydrogen (secondary N) is 1. The molecular weight excluding hydrogens is 315 g/mol. The lowest BCUT2D eigenvalue weighted by Gasteiger charge is -2.09. The number of aryl methyl sites for hydroxylation is 2. The highest BCUT2D eigenvalue weighted by Gasteiger charge is 2.19. The van der Waals surface area contributed by atoms with Gasteiger partial charge in [0.05, 0.1) is 10.6 Å². The molecule has 2 aromatic rings. The molecule has 2 rings (SSSR count). The van der Waals surface area contributed by atoms with Gasteiger partial charge in [-0.05, 0) is 25.1 Å². The molecule has 0 aliphatic rings. The minimum Gasteiger partial charge on any atom is -0.389 e. The molecule has 0 atom stereocenters. The molecular formula is C12H13FN4O2S2. The molecule has 3 N–H and O–H groups in total. The number of sulfonamides is 1. The van der Waals surface area contributed by atoms with E-state index in [-0.39, 0.29) is 15.4 Å². The second kappa shape index (κ2) is 5.41. The van der Waals surface area contributed by atoms with E-state index in [9.17, 15) is 12.8 Å². The molecule has 1 aromatic carbocycles. The van der Waals surface area contributed by atoms with Gasteiger partial charge < -0.3 is 5.73 Å². The molecule has 1 heterocycles. The largest absolute Gasteiger partial charge is 0.389 e. The average molecular weight is 328 g/mol. The van der Waals surface area contributed by atoms with Crippen molar-refractivity contribution in [2.75, 3.05) is 4.72 Å². The number of benzene rings is 1. The van der Waals surface area contributed by atoms with E-state index in [2.05, 4.69) is 9.82 Å². The van der Waals surface area contributed by atoms with Crippen LogP contribution in [0.2, 0.25) is 0 Å². The Balaban J connectivity index is 2.42. The van der Waals surface area contributed by atoms with Crippen LogP contribution in [0.15, 0.2) is 29.2 Å². The minimum absolute atomic E-state index is 0.117. The Hall–Kier alpha value is -2.00. The summed E-state index contributed by atoms with van der Waals surface area (Å²) >= 11 is 4.69. The van der Waals surface area contributed by atoms with Gasteiger partial charge >= 0.3 is 0 Å². The fourth-order valence-electron chi connectivity index (χ4n) is 1.76. The maximum atomic E-state index is 13.5. The molecule has 0 amide bonds. The van der Waals surface area contributed by atoms with Crippen molar-refractivity contribution in [2.45, 2.75) is 11.8 Å². The number of aromatic nitrogens is 2. The fraction of sp³-hybridized carbons (Fsp3) is 0.167. The number of halogens is 1. The second-order valence-corrected chi connectivity index (χ2v) is 6.53. The molecule has 9 heteroatoms. The third-order valence-corrected chi connectivity index (χ3v) is 4.33. The second-order valence-electron chi connectivity index (χ2n) is 4.41. The number of nitrogens with zero attached hydrogens (tertiary/aromatic N) is 2. The number of anilines is 1. The Morgan fingerprint density at radius 1 is 1.43 bits per heavy atom. The molecule has 0 unspecified atom stereocenters. The first-order valence-electron chi connectivity index (χ1n) is 5.83. The van der Waals surface area contributed by atoms with E-state index >= 15 is 0 Å². The zero-order chi connectivity index (χ0) is 15.8. The summed E-state index contributed by atoms with van der Waals surface area (Å²) in [5, 5.41) is 4.04. The summed E-state index contributed by atoms with van der Waals surface area (Å²) in [7, 11) is -2.28. The van der Waals surface area contributed by atoms with Gasteiger partial charge in [-0.15, -0.1) is 0 Å². The normalized spacial score (nSPS) is 11.4. The van der Waals surface area contributed by atoms with E-state index in [4.69, 9.17) is 18.0 Å². The van der Waals surface area contributed by atoms with Crippen molar-refractivity contribution in [3.63, 3.8) is 0 Å². The third kappa shape index (κ3) is 3.19. The SMILES string of the molecule is Cc1cc(NS(=O)(=O)c2ccc(F)c(C(N)=S)c2)n(C)n1. The van der Waals surface area contributed by atoms with Crippen molar-refractivity contribution in [3.05, 3.63) is 41.3 Å². The van der Waals surface area contributed by atoms with Crippen LogP contribution in [-0.4, -0.2) is 23.2 Å². The first-order valence-corrected chi connectivity index (χ1v) is 7.72. The van der Waals surface area contributed by atoms with Crippen molar-refractivity contribution in [3.8, 4) is 0 Å². The summed E-state index contributed by atoms with van der Waals surface area (Å²) in [4.78, 5) is -0.341. The topological polar surface area (TPSA) is 90.0 Å². The van der Waals surface area contributed by atoms with Gasteiger partial charge in [0.2, 0.25) is 0 Å². The Morgan fingerprint density at radius 3 is 2.62 bits per heavy atom. The maximum Gasteiger partial charge on any atom is 0.263 e. The number of nitrogens with two attached hydrogens (primary N) is 1. The Kier molecular flexibility index (Phi) is 3.97. The summed E-state index contributed by atoms with van der Waals surface area (Å²) < 4.78 is 41.9. The lowest BCUT2D eigenvalue weighted by Crippen LogP contribution is -2.17. The van der Waals surface area contributed by atoms with Crippen LogP contribution in [0.4, 0.5) is 10.2 Å². The van der Waals surface area contributed by atoms with E-state index in [0.29, 0.717) is 11.5 Å².